The van der Waals surface area contributed by atoms with Crippen LogP contribution in [0.2, 0.25) is 0 Å². The molecule has 1 unspecified atom stereocenters. The van der Waals surface area contributed by atoms with Crippen LogP contribution in [0.4, 0.5) is 0 Å². The van der Waals surface area contributed by atoms with Gasteiger partial charge in [0.05, 0.1) is 0 Å². The highest BCUT2D eigenvalue weighted by atomic mass is 14.1. The van der Waals surface area contributed by atoms with Crippen molar-refractivity contribution in [1.82, 2.24) is 0 Å². The van der Waals surface area contributed by atoms with Crippen molar-refractivity contribution >= 4 is 0 Å². The summed E-state index contributed by atoms with van der Waals surface area (Å²) < 4.78 is 0. The number of rotatable bonds is 6. The normalized spacial score (nSPS) is 12.8. The molecule has 0 spiro atoms. The molecule has 74 valence electrons. The molecule has 0 aromatic heterocycles. The Hall–Kier alpha value is -0.740. The molecule has 0 aliphatic carbocycles. The Bertz CT molecular complexity index is 192. The fraction of sp³-hybridized carbons (Fsp3) is 0.615. The van der Waals surface area contributed by atoms with Crippen LogP contribution in [0.5, 0.6) is 0 Å². The SMILES string of the molecule is C=C=C(C)CC(CC)CC=CCC. The van der Waals surface area contributed by atoms with Gasteiger partial charge in [-0.05, 0) is 37.7 Å². The van der Waals surface area contributed by atoms with Crippen molar-refractivity contribution in [2.75, 3.05) is 0 Å². The zero-order valence-electron chi connectivity index (χ0n) is 9.27. The summed E-state index contributed by atoms with van der Waals surface area (Å²) in [7, 11) is 0. The third kappa shape index (κ3) is 6.42. The van der Waals surface area contributed by atoms with Gasteiger partial charge in [0.15, 0.2) is 0 Å². The topological polar surface area (TPSA) is 0 Å². The van der Waals surface area contributed by atoms with Gasteiger partial charge in [-0.25, -0.2) is 0 Å². The first-order chi connectivity index (χ1) is 6.24. The Morgan fingerprint density at radius 3 is 2.54 bits per heavy atom. The molecule has 0 aliphatic heterocycles. The van der Waals surface area contributed by atoms with Crippen molar-refractivity contribution in [3.8, 4) is 0 Å². The smallest absolute Gasteiger partial charge is 0.0216 e. The molecule has 0 rings (SSSR count). The van der Waals surface area contributed by atoms with Crippen molar-refractivity contribution in [3.63, 3.8) is 0 Å². The van der Waals surface area contributed by atoms with Gasteiger partial charge in [-0.3, -0.25) is 0 Å². The van der Waals surface area contributed by atoms with E-state index in [1.165, 1.54) is 18.4 Å². The van der Waals surface area contributed by atoms with Crippen LogP contribution in [-0.4, -0.2) is 0 Å². The molecule has 0 heterocycles. The molecule has 0 N–H and O–H groups in total. The molecule has 0 fully saturated rings. The van der Waals surface area contributed by atoms with Crippen molar-refractivity contribution in [2.24, 2.45) is 5.92 Å². The van der Waals surface area contributed by atoms with Gasteiger partial charge >= 0.3 is 0 Å². The Labute approximate surface area is 83.0 Å². The van der Waals surface area contributed by atoms with E-state index in [2.05, 4.69) is 45.2 Å². The van der Waals surface area contributed by atoms with Gasteiger partial charge < -0.3 is 0 Å². The molecule has 0 aromatic rings. The van der Waals surface area contributed by atoms with E-state index < -0.39 is 0 Å². The third-order valence-electron chi connectivity index (χ3n) is 2.35. The molecule has 0 saturated heterocycles. The lowest BCUT2D eigenvalue weighted by Gasteiger charge is -2.11. The zero-order chi connectivity index (χ0) is 10.1. The molecule has 0 radical (unpaired) electrons. The minimum absolute atomic E-state index is 0.775. The van der Waals surface area contributed by atoms with Crippen molar-refractivity contribution in [2.45, 2.75) is 46.5 Å². The quantitative estimate of drug-likeness (QED) is 0.415. The van der Waals surface area contributed by atoms with Crippen LogP contribution in [0.15, 0.2) is 30.0 Å². The summed E-state index contributed by atoms with van der Waals surface area (Å²) in [5.74, 6) is 0.775. The molecule has 13 heavy (non-hydrogen) atoms. The highest BCUT2D eigenvalue weighted by molar-refractivity contribution is 4.97. The van der Waals surface area contributed by atoms with Crippen molar-refractivity contribution < 1.29 is 0 Å². The van der Waals surface area contributed by atoms with Gasteiger partial charge in [-0.15, -0.1) is 5.73 Å². The monoisotopic (exact) mass is 178 g/mol. The fourth-order valence-corrected chi connectivity index (χ4v) is 1.35. The lowest BCUT2D eigenvalue weighted by atomic mass is 9.94. The Morgan fingerprint density at radius 2 is 2.08 bits per heavy atom. The maximum atomic E-state index is 3.66. The van der Waals surface area contributed by atoms with E-state index >= 15 is 0 Å². The standard InChI is InChI=1S/C13H22/c1-5-8-9-10-13(7-3)11-12(4)6-2/h8-9,13H,2,5,7,10-11H2,1,3-4H3. The highest BCUT2D eigenvalue weighted by Crippen LogP contribution is 2.18. The first-order valence-corrected chi connectivity index (χ1v) is 5.25. The summed E-state index contributed by atoms with van der Waals surface area (Å²) in [5, 5.41) is 0. The number of allylic oxidation sites excluding steroid dienone is 3. The minimum Gasteiger partial charge on any atom is -0.130 e. The van der Waals surface area contributed by atoms with Crippen LogP contribution < -0.4 is 0 Å². The minimum atomic E-state index is 0.775. The van der Waals surface area contributed by atoms with Crippen LogP contribution >= 0.6 is 0 Å². The van der Waals surface area contributed by atoms with Crippen LogP contribution in [0.25, 0.3) is 0 Å². The first kappa shape index (κ1) is 12.3. The Balaban J connectivity index is 3.89. The summed E-state index contributed by atoms with van der Waals surface area (Å²) >= 11 is 0. The van der Waals surface area contributed by atoms with Crippen LogP contribution in [0.1, 0.15) is 46.5 Å². The average molecular weight is 178 g/mol. The second kappa shape index (κ2) is 7.89. The summed E-state index contributed by atoms with van der Waals surface area (Å²) in [6.45, 7) is 10.2. The number of hydrogen-bond donors (Lipinski definition) is 0. The summed E-state index contributed by atoms with van der Waals surface area (Å²) in [4.78, 5) is 0. The van der Waals surface area contributed by atoms with Gasteiger partial charge in [0.2, 0.25) is 0 Å². The van der Waals surface area contributed by atoms with E-state index in [-0.39, 0.29) is 0 Å². The maximum Gasteiger partial charge on any atom is -0.0216 e. The van der Waals surface area contributed by atoms with E-state index in [1.54, 1.807) is 0 Å². The van der Waals surface area contributed by atoms with Gasteiger partial charge in [0.1, 0.15) is 0 Å². The third-order valence-corrected chi connectivity index (χ3v) is 2.35. The fourth-order valence-electron chi connectivity index (χ4n) is 1.35. The Kier molecular flexibility index (Phi) is 7.44. The van der Waals surface area contributed by atoms with Crippen molar-refractivity contribution in [1.29, 1.82) is 0 Å². The molecule has 1 atom stereocenters. The van der Waals surface area contributed by atoms with Gasteiger partial charge in [-0.2, -0.15) is 0 Å². The van der Waals surface area contributed by atoms with Gasteiger partial charge in [0, 0.05) is 0 Å². The molecular formula is C13H22. The zero-order valence-corrected chi connectivity index (χ0v) is 9.27. The van der Waals surface area contributed by atoms with E-state index in [1.807, 2.05) is 0 Å². The molecule has 0 aliphatic rings. The summed E-state index contributed by atoms with van der Waals surface area (Å²) in [6, 6.07) is 0. The van der Waals surface area contributed by atoms with Crippen molar-refractivity contribution in [3.05, 3.63) is 30.0 Å². The lowest BCUT2D eigenvalue weighted by molar-refractivity contribution is 0.511. The summed E-state index contributed by atoms with van der Waals surface area (Å²) in [5.41, 5.74) is 4.25. The largest absolute Gasteiger partial charge is 0.130 e. The van der Waals surface area contributed by atoms with E-state index in [9.17, 15) is 0 Å². The van der Waals surface area contributed by atoms with E-state index in [0.29, 0.717) is 0 Å². The predicted molar refractivity (Wildman–Crippen MR) is 60.8 cm³/mol. The van der Waals surface area contributed by atoms with Crippen LogP contribution in [0.3, 0.4) is 0 Å². The highest BCUT2D eigenvalue weighted by Gasteiger charge is 2.04. The van der Waals surface area contributed by atoms with E-state index in [4.69, 9.17) is 0 Å². The lowest BCUT2D eigenvalue weighted by Crippen LogP contribution is -1.97. The average Bonchev–Trinajstić information content (AvgIpc) is 2.16. The Morgan fingerprint density at radius 1 is 1.38 bits per heavy atom. The van der Waals surface area contributed by atoms with Crippen LogP contribution in [0, 0.1) is 5.92 Å². The maximum absolute atomic E-state index is 3.66. The molecule has 0 nitrogen and oxygen atoms in total. The molecular weight excluding hydrogens is 156 g/mol. The second-order valence-electron chi connectivity index (χ2n) is 3.55. The van der Waals surface area contributed by atoms with E-state index in [0.717, 1.165) is 18.8 Å². The molecule has 0 bridgehead atoms. The molecule has 0 amide bonds. The second-order valence-corrected chi connectivity index (χ2v) is 3.55. The molecule has 0 aromatic carbocycles. The predicted octanol–water partition coefficient (Wildman–Crippen LogP) is 4.49. The van der Waals surface area contributed by atoms with Crippen LogP contribution in [-0.2, 0) is 0 Å². The molecule has 0 saturated carbocycles. The first-order valence-electron chi connectivity index (χ1n) is 5.25. The molecule has 0 heteroatoms. The van der Waals surface area contributed by atoms with Gasteiger partial charge in [-0.1, -0.05) is 39.0 Å². The number of hydrogen-bond acceptors (Lipinski definition) is 0. The summed E-state index contributed by atoms with van der Waals surface area (Å²) in [6.07, 6.45) is 9.28. The van der Waals surface area contributed by atoms with Gasteiger partial charge in [0.25, 0.3) is 0 Å².